The van der Waals surface area contributed by atoms with E-state index in [1.54, 1.807) is 12.1 Å². The largest absolute Gasteiger partial charge is 0.504 e. The van der Waals surface area contributed by atoms with Crippen molar-refractivity contribution in [2.24, 2.45) is 0 Å². The van der Waals surface area contributed by atoms with Gasteiger partial charge < -0.3 is 14.4 Å². The second-order valence-corrected chi connectivity index (χ2v) is 5.32. The molecule has 5 heteroatoms. The van der Waals surface area contributed by atoms with E-state index >= 15 is 0 Å². The highest BCUT2D eigenvalue weighted by atomic mass is 16.5. The van der Waals surface area contributed by atoms with E-state index in [9.17, 15) is 9.90 Å². The van der Waals surface area contributed by atoms with Crippen LogP contribution >= 0.6 is 0 Å². The van der Waals surface area contributed by atoms with Crippen molar-refractivity contribution in [1.82, 2.24) is 9.55 Å². The zero-order chi connectivity index (χ0) is 15.3. The zero-order valence-electron chi connectivity index (χ0n) is 12.0. The Morgan fingerprint density at radius 2 is 2.14 bits per heavy atom. The van der Waals surface area contributed by atoms with Gasteiger partial charge in [0, 0.05) is 24.1 Å². The van der Waals surface area contributed by atoms with Crippen LogP contribution in [-0.2, 0) is 6.54 Å². The summed E-state index contributed by atoms with van der Waals surface area (Å²) in [5.41, 5.74) is 3.20. The number of aromatic nitrogens is 2. The highest BCUT2D eigenvalue weighted by Crippen LogP contribution is 2.35. The topological polar surface area (TPSA) is 64.4 Å². The lowest BCUT2D eigenvalue weighted by Crippen LogP contribution is -2.14. The fourth-order valence-corrected chi connectivity index (χ4v) is 3.03. The van der Waals surface area contributed by atoms with Gasteiger partial charge in [0.25, 0.3) is 0 Å². The van der Waals surface area contributed by atoms with Crippen LogP contribution in [0.2, 0.25) is 0 Å². The number of carbonyl (C=O) groups excluding carboxylic acids is 1. The van der Waals surface area contributed by atoms with E-state index in [1.807, 2.05) is 28.8 Å². The highest BCUT2D eigenvalue weighted by molar-refractivity contribution is 6.08. The Morgan fingerprint density at radius 3 is 2.91 bits per heavy atom. The Labute approximate surface area is 126 Å². The summed E-state index contributed by atoms with van der Waals surface area (Å²) in [5, 5.41) is 9.99. The number of aromatic hydroxyl groups is 1. The highest BCUT2D eigenvalue weighted by Gasteiger charge is 2.23. The number of carbonyl (C=O) groups is 1. The number of hydrogen-bond donors (Lipinski definition) is 1. The van der Waals surface area contributed by atoms with Crippen LogP contribution < -0.4 is 4.74 Å². The van der Waals surface area contributed by atoms with Gasteiger partial charge >= 0.3 is 0 Å². The smallest absolute Gasteiger partial charge is 0.166 e. The minimum atomic E-state index is 0.0759. The van der Waals surface area contributed by atoms with Crippen LogP contribution in [0.3, 0.4) is 0 Å². The number of nitrogens with zero attached hydrogens (tertiary/aromatic N) is 2. The third kappa shape index (κ3) is 1.72. The van der Waals surface area contributed by atoms with E-state index < -0.39 is 0 Å². The van der Waals surface area contributed by atoms with Gasteiger partial charge in [0.1, 0.15) is 5.82 Å². The predicted molar refractivity (Wildman–Crippen MR) is 82.3 cm³/mol. The molecule has 110 valence electrons. The molecule has 2 aromatic carbocycles. The molecular weight excluding hydrogens is 280 g/mol. The molecule has 3 aromatic rings. The Bertz CT molecular complexity index is 912. The maximum Gasteiger partial charge on any atom is 0.166 e. The monoisotopic (exact) mass is 294 g/mol. The van der Waals surface area contributed by atoms with Crippen LogP contribution in [0.1, 0.15) is 16.8 Å². The quantitative estimate of drug-likeness (QED) is 0.789. The van der Waals surface area contributed by atoms with Gasteiger partial charge in [0.05, 0.1) is 18.1 Å². The SMILES string of the molecule is COc1ccc(-c2nc3cccc4c3n2CCC4=O)cc1O. The van der Waals surface area contributed by atoms with Gasteiger partial charge in [-0.2, -0.15) is 0 Å². The number of ether oxygens (including phenoxy) is 1. The van der Waals surface area contributed by atoms with Crippen molar-refractivity contribution < 1.29 is 14.6 Å². The lowest BCUT2D eigenvalue weighted by atomic mass is 10.0. The predicted octanol–water partition coefficient (Wildman–Crippen LogP) is 3.00. The first-order chi connectivity index (χ1) is 10.7. The summed E-state index contributed by atoms with van der Waals surface area (Å²) >= 11 is 0. The van der Waals surface area contributed by atoms with Crippen LogP contribution in [0.4, 0.5) is 0 Å². The van der Waals surface area contributed by atoms with Gasteiger partial charge in [0.15, 0.2) is 17.3 Å². The van der Waals surface area contributed by atoms with E-state index in [1.165, 1.54) is 7.11 Å². The molecule has 0 unspecified atom stereocenters. The molecule has 1 N–H and O–H groups in total. The van der Waals surface area contributed by atoms with Gasteiger partial charge in [-0.15, -0.1) is 0 Å². The van der Waals surface area contributed by atoms with E-state index in [-0.39, 0.29) is 11.5 Å². The number of hydrogen-bond acceptors (Lipinski definition) is 4. The summed E-state index contributed by atoms with van der Waals surface area (Å²) in [4.78, 5) is 16.7. The molecule has 1 aromatic heterocycles. The second-order valence-electron chi connectivity index (χ2n) is 5.32. The molecule has 1 aliphatic rings. The number of benzene rings is 2. The van der Waals surface area contributed by atoms with Crippen LogP contribution in [0.15, 0.2) is 36.4 Å². The Kier molecular flexibility index (Phi) is 2.69. The molecule has 0 saturated carbocycles. The molecule has 0 spiro atoms. The van der Waals surface area contributed by atoms with Crippen molar-refractivity contribution in [3.05, 3.63) is 42.0 Å². The van der Waals surface area contributed by atoms with Gasteiger partial charge in [-0.1, -0.05) is 6.07 Å². The number of methoxy groups -OCH3 is 1. The fraction of sp³-hybridized carbons (Fsp3) is 0.176. The Hall–Kier alpha value is -2.82. The average Bonchev–Trinajstić information content (AvgIpc) is 2.91. The second kappa shape index (κ2) is 4.59. The first kappa shape index (κ1) is 12.9. The number of Topliss-reactive ketones (excluding diaryl/α,β-unsaturated/α-hetero) is 1. The van der Waals surface area contributed by atoms with Crippen LogP contribution in [0.25, 0.3) is 22.4 Å². The van der Waals surface area contributed by atoms with Crippen molar-refractivity contribution in [2.75, 3.05) is 7.11 Å². The summed E-state index contributed by atoms with van der Waals surface area (Å²) in [5.74, 6) is 1.41. The lowest BCUT2D eigenvalue weighted by molar-refractivity contribution is 0.0973. The first-order valence-electron chi connectivity index (χ1n) is 7.09. The van der Waals surface area contributed by atoms with E-state index in [2.05, 4.69) is 4.98 Å². The van der Waals surface area contributed by atoms with Gasteiger partial charge in [-0.3, -0.25) is 4.79 Å². The standard InChI is InChI=1S/C17H14N2O3/c1-22-15-6-5-10(9-14(15)21)17-18-12-4-2-3-11-13(20)7-8-19(17)16(11)12/h2-6,9,21H,7-8H2,1H3. The summed E-state index contributed by atoms with van der Waals surface area (Å²) in [6, 6.07) is 10.8. The molecule has 0 bridgehead atoms. The third-order valence-electron chi connectivity index (χ3n) is 4.07. The number of imidazole rings is 1. The number of rotatable bonds is 2. The zero-order valence-corrected chi connectivity index (χ0v) is 12.0. The number of phenolic OH excluding ortho intramolecular Hbond substituents is 1. The molecule has 0 amide bonds. The van der Waals surface area contributed by atoms with Crippen molar-refractivity contribution in [2.45, 2.75) is 13.0 Å². The normalized spacial score (nSPS) is 13.6. The van der Waals surface area contributed by atoms with Gasteiger partial charge in [-0.25, -0.2) is 4.98 Å². The van der Waals surface area contributed by atoms with E-state index in [4.69, 9.17) is 4.74 Å². The molecule has 0 atom stereocenters. The van der Waals surface area contributed by atoms with Crippen molar-refractivity contribution in [3.63, 3.8) is 0 Å². The lowest BCUT2D eigenvalue weighted by Gasteiger charge is -2.16. The molecule has 0 radical (unpaired) electrons. The number of aryl methyl sites for hydroxylation is 1. The third-order valence-corrected chi connectivity index (χ3v) is 4.07. The summed E-state index contributed by atoms with van der Waals surface area (Å²) in [7, 11) is 1.51. The van der Waals surface area contributed by atoms with Crippen LogP contribution in [-0.4, -0.2) is 27.6 Å². The number of ketones is 1. The minimum absolute atomic E-state index is 0.0759. The van der Waals surface area contributed by atoms with Crippen molar-refractivity contribution in [1.29, 1.82) is 0 Å². The van der Waals surface area contributed by atoms with Gasteiger partial charge in [-0.05, 0) is 30.3 Å². The maximum absolute atomic E-state index is 12.1. The molecule has 0 aliphatic carbocycles. The molecule has 0 saturated heterocycles. The molecule has 5 nitrogen and oxygen atoms in total. The minimum Gasteiger partial charge on any atom is -0.504 e. The first-order valence-corrected chi connectivity index (χ1v) is 7.09. The fourth-order valence-electron chi connectivity index (χ4n) is 3.03. The van der Waals surface area contributed by atoms with Crippen molar-refractivity contribution in [3.8, 4) is 22.9 Å². The molecule has 22 heavy (non-hydrogen) atoms. The molecule has 4 rings (SSSR count). The molecule has 0 fully saturated rings. The summed E-state index contributed by atoms with van der Waals surface area (Å²) < 4.78 is 7.12. The molecule has 1 aliphatic heterocycles. The van der Waals surface area contributed by atoms with Crippen LogP contribution in [0, 0.1) is 0 Å². The van der Waals surface area contributed by atoms with Crippen molar-refractivity contribution >= 4 is 16.8 Å². The Morgan fingerprint density at radius 1 is 1.27 bits per heavy atom. The number of phenols is 1. The molecule has 2 heterocycles. The summed E-state index contributed by atoms with van der Waals surface area (Å²) in [6.45, 7) is 0.606. The maximum atomic E-state index is 12.1. The molecular formula is C17H14N2O3. The number of para-hydroxylation sites is 1. The Balaban J connectivity index is 1.97. The average molecular weight is 294 g/mol. The van der Waals surface area contributed by atoms with Gasteiger partial charge in [0.2, 0.25) is 0 Å². The van der Waals surface area contributed by atoms with E-state index in [0.717, 1.165) is 28.0 Å². The van der Waals surface area contributed by atoms with Crippen LogP contribution in [0.5, 0.6) is 11.5 Å². The summed E-state index contributed by atoms with van der Waals surface area (Å²) in [6.07, 6.45) is 0.470. The van der Waals surface area contributed by atoms with E-state index in [0.29, 0.717) is 18.7 Å².